The highest BCUT2D eigenvalue weighted by atomic mass is 16.3. The van der Waals surface area contributed by atoms with Gasteiger partial charge in [0.15, 0.2) is 0 Å². The number of rotatable bonds is 7. The molecule has 1 rings (SSSR count). The lowest BCUT2D eigenvalue weighted by Gasteiger charge is -2.21. The van der Waals surface area contributed by atoms with E-state index in [4.69, 9.17) is 12.8 Å². The Hall–Kier alpha value is -2.77. The van der Waals surface area contributed by atoms with Gasteiger partial charge in [-0.3, -0.25) is 14.4 Å². The van der Waals surface area contributed by atoms with Gasteiger partial charge < -0.3 is 20.6 Å². The van der Waals surface area contributed by atoms with E-state index in [1.54, 1.807) is 0 Å². The minimum atomic E-state index is -1.03. The molecule has 1 heterocycles. The van der Waals surface area contributed by atoms with Crippen molar-refractivity contribution < 1.29 is 19.5 Å². The van der Waals surface area contributed by atoms with E-state index in [1.165, 1.54) is 12.2 Å². The molecule has 0 aromatic carbocycles. The lowest BCUT2D eigenvalue weighted by Crippen LogP contribution is -2.47. The van der Waals surface area contributed by atoms with Crippen LogP contribution in [0.2, 0.25) is 0 Å². The zero-order chi connectivity index (χ0) is 16.5. The van der Waals surface area contributed by atoms with Gasteiger partial charge in [0.25, 0.3) is 0 Å². The minimum absolute atomic E-state index is 0.0228. The first-order valence-corrected chi connectivity index (χ1v) is 6.60. The molecule has 0 spiro atoms. The molecule has 1 aliphatic heterocycles. The van der Waals surface area contributed by atoms with Gasteiger partial charge in [-0.2, -0.15) is 0 Å². The average molecular weight is 303 g/mol. The number of carbonyl (C=O) groups is 3. The molecule has 3 N–H and O–H groups in total. The molecule has 0 aliphatic carbocycles. The van der Waals surface area contributed by atoms with Crippen molar-refractivity contribution in [3.05, 3.63) is 12.2 Å². The molecule has 22 heavy (non-hydrogen) atoms. The van der Waals surface area contributed by atoms with Crippen LogP contribution in [0.4, 0.5) is 0 Å². The molecule has 0 saturated carbocycles. The number of aliphatic hydroxyl groups is 1. The monoisotopic (exact) mass is 303 g/mol. The highest BCUT2D eigenvalue weighted by molar-refractivity contribution is 5.91. The van der Waals surface area contributed by atoms with Crippen molar-refractivity contribution in [3.63, 3.8) is 0 Å². The van der Waals surface area contributed by atoms with Gasteiger partial charge in [0.05, 0.1) is 6.54 Å². The van der Waals surface area contributed by atoms with Crippen molar-refractivity contribution in [2.45, 2.75) is 25.1 Å². The smallest absolute Gasteiger partial charge is 0.248 e. The maximum absolute atomic E-state index is 11.8. The van der Waals surface area contributed by atoms with E-state index in [2.05, 4.69) is 22.5 Å². The lowest BCUT2D eigenvalue weighted by molar-refractivity contribution is -0.133. The van der Waals surface area contributed by atoms with Crippen LogP contribution in [0.5, 0.6) is 0 Å². The number of terminal acetylenes is 2. The number of carbonyl (C=O) groups excluding carboxylic acids is 3. The van der Waals surface area contributed by atoms with Gasteiger partial charge in [0.2, 0.25) is 17.7 Å². The predicted octanol–water partition coefficient (Wildman–Crippen LogP) is -1.65. The van der Waals surface area contributed by atoms with Crippen LogP contribution < -0.4 is 10.6 Å². The van der Waals surface area contributed by atoms with Crippen LogP contribution >= 0.6 is 0 Å². The number of aliphatic hydroxyl groups excluding tert-OH is 1. The Morgan fingerprint density at radius 3 is 2.68 bits per heavy atom. The molecular weight excluding hydrogens is 286 g/mol. The second kappa shape index (κ2) is 8.50. The first-order valence-electron chi connectivity index (χ1n) is 6.60. The summed E-state index contributed by atoms with van der Waals surface area (Å²) in [5.41, 5.74) is 0. The number of amides is 3. The van der Waals surface area contributed by atoms with Gasteiger partial charge in [0, 0.05) is 25.5 Å². The first kappa shape index (κ1) is 17.3. The van der Waals surface area contributed by atoms with E-state index < -0.39 is 24.1 Å². The predicted molar refractivity (Wildman–Crippen MR) is 78.7 cm³/mol. The maximum Gasteiger partial charge on any atom is 0.248 e. The molecule has 3 amide bonds. The summed E-state index contributed by atoms with van der Waals surface area (Å²) in [6.45, 7) is 0.0729. The molecule has 0 bridgehead atoms. The summed E-state index contributed by atoms with van der Waals surface area (Å²) in [5, 5.41) is 14.4. The van der Waals surface area contributed by atoms with Crippen molar-refractivity contribution >= 4 is 17.7 Å². The van der Waals surface area contributed by atoms with Crippen LogP contribution in [-0.4, -0.2) is 53.1 Å². The van der Waals surface area contributed by atoms with E-state index in [1.807, 2.05) is 0 Å². The lowest BCUT2D eigenvalue weighted by atomic mass is 10.2. The molecule has 0 aromatic heterocycles. The van der Waals surface area contributed by atoms with Crippen molar-refractivity contribution in [1.29, 1.82) is 0 Å². The summed E-state index contributed by atoms with van der Waals surface area (Å²) >= 11 is 0. The Kier molecular flexibility index (Phi) is 6.68. The van der Waals surface area contributed by atoms with Crippen molar-refractivity contribution in [2.24, 2.45) is 0 Å². The second-order valence-corrected chi connectivity index (χ2v) is 4.50. The number of hydrogen-bond donors (Lipinski definition) is 3. The second-order valence-electron chi connectivity index (χ2n) is 4.50. The largest absolute Gasteiger partial charge is 0.370 e. The zero-order valence-corrected chi connectivity index (χ0v) is 11.9. The van der Waals surface area contributed by atoms with Gasteiger partial charge >= 0.3 is 0 Å². The molecule has 7 heteroatoms. The van der Waals surface area contributed by atoms with Crippen LogP contribution in [0.3, 0.4) is 0 Å². The van der Waals surface area contributed by atoms with Crippen LogP contribution in [0.15, 0.2) is 12.2 Å². The highest BCUT2D eigenvalue weighted by Gasteiger charge is 2.25. The molecule has 0 fully saturated rings. The summed E-state index contributed by atoms with van der Waals surface area (Å²) in [6.07, 6.45) is 11.7. The average Bonchev–Trinajstić information content (AvgIpc) is 2.81. The Labute approximate surface area is 128 Å². The van der Waals surface area contributed by atoms with Gasteiger partial charge in [-0.15, -0.1) is 18.8 Å². The molecule has 1 aliphatic rings. The third kappa shape index (κ3) is 4.97. The number of nitrogens with one attached hydrogen (secondary N) is 2. The summed E-state index contributed by atoms with van der Waals surface area (Å²) in [7, 11) is 0. The van der Waals surface area contributed by atoms with Gasteiger partial charge in [-0.05, 0) is 6.08 Å². The molecule has 116 valence electrons. The Morgan fingerprint density at radius 2 is 2.14 bits per heavy atom. The standard InChI is InChI=1S/C15H17N3O4/c1-3-5-11(15(22)16-9-4-2)17-12(19)8-10-18-13(20)6-7-14(18)21/h1-2,6-7,11,13,20H,5,8-10H2,(H,16,22)(H,17,19)/t11-,13?/m1/s1. The summed E-state index contributed by atoms with van der Waals surface area (Å²) in [4.78, 5) is 36.1. The summed E-state index contributed by atoms with van der Waals surface area (Å²) < 4.78 is 0. The topological polar surface area (TPSA) is 98.7 Å². The third-order valence-electron chi connectivity index (χ3n) is 2.93. The summed E-state index contributed by atoms with van der Waals surface area (Å²) in [5.74, 6) is 3.25. The van der Waals surface area contributed by atoms with Gasteiger partial charge in [-0.1, -0.05) is 5.92 Å². The number of hydrogen-bond acceptors (Lipinski definition) is 4. The normalized spacial score (nSPS) is 17.5. The van der Waals surface area contributed by atoms with E-state index >= 15 is 0 Å². The van der Waals surface area contributed by atoms with Crippen LogP contribution in [0.1, 0.15) is 12.8 Å². The fourth-order valence-electron chi connectivity index (χ4n) is 1.82. The fourth-order valence-corrected chi connectivity index (χ4v) is 1.82. The molecule has 0 radical (unpaired) electrons. The Bertz CT molecular complexity index is 556. The molecule has 2 atom stereocenters. The van der Waals surface area contributed by atoms with Crippen LogP contribution in [0.25, 0.3) is 0 Å². The highest BCUT2D eigenvalue weighted by Crippen LogP contribution is 2.08. The molecule has 0 aromatic rings. The summed E-state index contributed by atoms with van der Waals surface area (Å²) in [6, 6.07) is -0.886. The zero-order valence-electron chi connectivity index (χ0n) is 11.9. The Morgan fingerprint density at radius 1 is 1.41 bits per heavy atom. The maximum atomic E-state index is 11.8. The van der Waals surface area contributed by atoms with E-state index in [9.17, 15) is 19.5 Å². The molecular formula is C15H17N3O4. The van der Waals surface area contributed by atoms with Crippen molar-refractivity contribution in [3.8, 4) is 24.7 Å². The van der Waals surface area contributed by atoms with Crippen molar-refractivity contribution in [1.82, 2.24) is 15.5 Å². The number of nitrogens with zero attached hydrogens (tertiary/aromatic N) is 1. The van der Waals surface area contributed by atoms with E-state index in [0.29, 0.717) is 0 Å². The van der Waals surface area contributed by atoms with E-state index in [-0.39, 0.29) is 31.8 Å². The van der Waals surface area contributed by atoms with E-state index in [0.717, 1.165) is 4.90 Å². The fraction of sp³-hybridized carbons (Fsp3) is 0.400. The van der Waals surface area contributed by atoms with Crippen molar-refractivity contribution in [2.75, 3.05) is 13.1 Å². The minimum Gasteiger partial charge on any atom is -0.370 e. The SMILES string of the molecule is C#CCNC(=O)[C@@H](CC#C)NC(=O)CCN1C(=O)C=CC1O. The first-order chi connectivity index (χ1) is 10.5. The van der Waals surface area contributed by atoms with Gasteiger partial charge in [0.1, 0.15) is 12.3 Å². The molecule has 0 saturated heterocycles. The van der Waals surface area contributed by atoms with Gasteiger partial charge in [-0.25, -0.2) is 0 Å². The molecule has 7 nitrogen and oxygen atoms in total. The Balaban J connectivity index is 2.47. The molecule has 1 unspecified atom stereocenters. The third-order valence-corrected chi connectivity index (χ3v) is 2.93. The quantitative estimate of drug-likeness (QED) is 0.491. The van der Waals surface area contributed by atoms with Crippen LogP contribution in [0, 0.1) is 24.7 Å². The van der Waals surface area contributed by atoms with Crippen LogP contribution in [-0.2, 0) is 14.4 Å².